The Kier molecular flexibility index (Phi) is 4.31. The molecule has 2 unspecified atom stereocenters. The van der Waals surface area contributed by atoms with Crippen LogP contribution in [0.4, 0.5) is 0 Å². The molecule has 0 aromatic carbocycles. The molecular formula is C23H30N2. The van der Waals surface area contributed by atoms with Gasteiger partial charge in [-0.05, 0) is 50.7 Å². The summed E-state index contributed by atoms with van der Waals surface area (Å²) in [5.74, 6) is 1.13. The van der Waals surface area contributed by atoms with E-state index in [0.717, 1.165) is 18.5 Å². The van der Waals surface area contributed by atoms with Crippen LogP contribution in [0.1, 0.15) is 58.8 Å². The highest BCUT2D eigenvalue weighted by Gasteiger charge is 2.47. The van der Waals surface area contributed by atoms with Gasteiger partial charge in [-0.3, -0.25) is 4.99 Å². The van der Waals surface area contributed by atoms with E-state index in [0.29, 0.717) is 11.8 Å². The third-order valence-corrected chi connectivity index (χ3v) is 6.32. The maximum Gasteiger partial charge on any atom is 0.112 e. The van der Waals surface area contributed by atoms with Crippen molar-refractivity contribution >= 4 is 6.21 Å². The van der Waals surface area contributed by atoms with Gasteiger partial charge in [-0.15, -0.1) is 0 Å². The van der Waals surface area contributed by atoms with E-state index in [9.17, 15) is 0 Å². The molecule has 0 saturated heterocycles. The van der Waals surface area contributed by atoms with Crippen LogP contribution in [-0.4, -0.2) is 11.8 Å². The lowest BCUT2D eigenvalue weighted by Gasteiger charge is -2.47. The number of nitrogens with one attached hydrogen (secondary N) is 1. The topological polar surface area (TPSA) is 24.4 Å². The van der Waals surface area contributed by atoms with Crippen LogP contribution in [0, 0.1) is 11.8 Å². The summed E-state index contributed by atoms with van der Waals surface area (Å²) in [7, 11) is 0. The van der Waals surface area contributed by atoms with E-state index >= 15 is 0 Å². The van der Waals surface area contributed by atoms with E-state index in [1.54, 1.807) is 0 Å². The maximum absolute atomic E-state index is 5.36. The molecule has 2 bridgehead atoms. The zero-order valence-electron chi connectivity index (χ0n) is 15.6. The zero-order valence-corrected chi connectivity index (χ0v) is 15.6. The number of hydrogen-bond donors (Lipinski definition) is 1. The van der Waals surface area contributed by atoms with Gasteiger partial charge in [0.2, 0.25) is 0 Å². The lowest BCUT2D eigenvalue weighted by atomic mass is 9.62. The predicted molar refractivity (Wildman–Crippen MR) is 106 cm³/mol. The van der Waals surface area contributed by atoms with Crippen LogP contribution in [0.3, 0.4) is 0 Å². The van der Waals surface area contributed by atoms with Gasteiger partial charge in [-0.25, -0.2) is 0 Å². The molecule has 1 heterocycles. The van der Waals surface area contributed by atoms with Gasteiger partial charge in [-0.1, -0.05) is 49.6 Å². The molecule has 1 aliphatic heterocycles. The molecule has 0 radical (unpaired) electrons. The first-order valence-electron chi connectivity index (χ1n) is 9.89. The molecule has 0 amide bonds. The van der Waals surface area contributed by atoms with Crippen molar-refractivity contribution in [2.45, 2.75) is 64.3 Å². The van der Waals surface area contributed by atoms with Crippen molar-refractivity contribution in [3.63, 3.8) is 0 Å². The van der Waals surface area contributed by atoms with Gasteiger partial charge >= 0.3 is 0 Å². The number of hydrogen-bond acceptors (Lipinski definition) is 2. The van der Waals surface area contributed by atoms with E-state index in [1.165, 1.54) is 54.5 Å². The Morgan fingerprint density at radius 2 is 2.04 bits per heavy atom. The number of fused-ring (bicyclic) bond motifs is 3. The van der Waals surface area contributed by atoms with E-state index in [-0.39, 0.29) is 5.54 Å². The fourth-order valence-electron chi connectivity index (χ4n) is 5.24. The summed E-state index contributed by atoms with van der Waals surface area (Å²) in [6.07, 6.45) is 20.2. The van der Waals surface area contributed by atoms with Crippen molar-refractivity contribution in [1.82, 2.24) is 5.32 Å². The maximum atomic E-state index is 5.36. The highest BCUT2D eigenvalue weighted by Crippen LogP contribution is 2.52. The van der Waals surface area contributed by atoms with Crippen molar-refractivity contribution in [2.75, 3.05) is 0 Å². The Morgan fingerprint density at radius 1 is 1.24 bits per heavy atom. The molecule has 3 aliphatic carbocycles. The van der Waals surface area contributed by atoms with Crippen molar-refractivity contribution < 1.29 is 0 Å². The minimum Gasteiger partial charge on any atom is -0.359 e. The monoisotopic (exact) mass is 334 g/mol. The van der Waals surface area contributed by atoms with E-state index in [4.69, 9.17) is 4.99 Å². The van der Waals surface area contributed by atoms with Gasteiger partial charge in [0.1, 0.15) is 5.54 Å². The average Bonchev–Trinajstić information content (AvgIpc) is 2.60. The summed E-state index contributed by atoms with van der Waals surface area (Å²) in [5.41, 5.74) is 6.45. The minimum atomic E-state index is -0.201. The summed E-state index contributed by atoms with van der Waals surface area (Å²) in [6, 6.07) is 0. The van der Waals surface area contributed by atoms with Crippen LogP contribution >= 0.6 is 0 Å². The molecule has 2 nitrogen and oxygen atoms in total. The Morgan fingerprint density at radius 3 is 2.80 bits per heavy atom. The summed E-state index contributed by atoms with van der Waals surface area (Å²) < 4.78 is 0. The molecule has 0 aromatic heterocycles. The fraction of sp³-hybridized carbons (Fsp3) is 0.522. The van der Waals surface area contributed by atoms with E-state index in [1.807, 2.05) is 0 Å². The molecule has 0 aromatic rings. The lowest BCUT2D eigenvalue weighted by molar-refractivity contribution is 0.429. The summed E-state index contributed by atoms with van der Waals surface area (Å²) in [4.78, 5) is 5.36. The molecular weight excluding hydrogens is 304 g/mol. The molecule has 1 fully saturated rings. The van der Waals surface area contributed by atoms with Crippen molar-refractivity contribution in [3.8, 4) is 0 Å². The highest BCUT2D eigenvalue weighted by molar-refractivity contribution is 5.67. The van der Waals surface area contributed by atoms with Crippen molar-refractivity contribution in [3.05, 3.63) is 59.0 Å². The lowest BCUT2D eigenvalue weighted by Crippen LogP contribution is -2.44. The number of aliphatic imine (C=N–C) groups is 1. The Balaban J connectivity index is 1.79. The molecule has 2 heteroatoms. The Labute approximate surface area is 152 Å². The smallest absolute Gasteiger partial charge is 0.112 e. The van der Waals surface area contributed by atoms with E-state index in [2.05, 4.69) is 56.3 Å². The SMILES string of the molecule is C=C1C=CC2=C(CC3C=C(C)CC2(N=CC2CCCCC2)/C3=C/C)N1. The van der Waals surface area contributed by atoms with Gasteiger partial charge in [0.25, 0.3) is 0 Å². The molecule has 2 atom stereocenters. The summed E-state index contributed by atoms with van der Waals surface area (Å²) in [5, 5.41) is 3.54. The number of nitrogens with zero attached hydrogens (tertiary/aromatic N) is 1. The van der Waals surface area contributed by atoms with Gasteiger partial charge in [0.15, 0.2) is 0 Å². The largest absolute Gasteiger partial charge is 0.359 e. The molecule has 4 aliphatic rings. The number of dihydropyridines is 1. The van der Waals surface area contributed by atoms with Crippen molar-refractivity contribution in [1.29, 1.82) is 0 Å². The zero-order chi connectivity index (χ0) is 17.4. The van der Waals surface area contributed by atoms with Crippen LogP contribution < -0.4 is 5.32 Å². The third-order valence-electron chi connectivity index (χ3n) is 6.32. The fourth-order valence-corrected chi connectivity index (χ4v) is 5.24. The van der Waals surface area contributed by atoms with Crippen LogP contribution in [-0.2, 0) is 0 Å². The van der Waals surface area contributed by atoms with Crippen LogP contribution in [0.2, 0.25) is 0 Å². The summed E-state index contributed by atoms with van der Waals surface area (Å²) in [6.45, 7) is 8.55. The molecule has 1 N–H and O–H groups in total. The van der Waals surface area contributed by atoms with Crippen LogP contribution in [0.15, 0.2) is 64.0 Å². The number of rotatable bonds is 2. The van der Waals surface area contributed by atoms with Gasteiger partial charge in [0, 0.05) is 35.5 Å². The van der Waals surface area contributed by atoms with Gasteiger partial charge < -0.3 is 5.32 Å². The Hall–Kier alpha value is -1.83. The molecule has 4 rings (SSSR count). The first-order valence-corrected chi connectivity index (χ1v) is 9.89. The third kappa shape index (κ3) is 2.86. The summed E-state index contributed by atoms with van der Waals surface area (Å²) >= 11 is 0. The van der Waals surface area contributed by atoms with Gasteiger partial charge in [-0.2, -0.15) is 0 Å². The molecule has 0 spiro atoms. The first kappa shape index (κ1) is 16.6. The second-order valence-electron chi connectivity index (χ2n) is 8.16. The normalized spacial score (nSPS) is 34.3. The first-order chi connectivity index (χ1) is 12.1. The second kappa shape index (κ2) is 6.48. The van der Waals surface area contributed by atoms with Crippen molar-refractivity contribution in [2.24, 2.45) is 16.8 Å². The average molecular weight is 335 g/mol. The molecule has 132 valence electrons. The van der Waals surface area contributed by atoms with E-state index < -0.39 is 0 Å². The van der Waals surface area contributed by atoms with Gasteiger partial charge in [0.05, 0.1) is 0 Å². The number of allylic oxidation sites excluding steroid dienone is 4. The second-order valence-corrected chi connectivity index (χ2v) is 8.16. The predicted octanol–water partition coefficient (Wildman–Crippen LogP) is 5.62. The van der Waals surface area contributed by atoms with Crippen LogP contribution in [0.25, 0.3) is 0 Å². The molecule has 1 saturated carbocycles. The molecule has 25 heavy (non-hydrogen) atoms. The highest BCUT2D eigenvalue weighted by atomic mass is 15.0. The quantitative estimate of drug-likeness (QED) is 0.514. The minimum absolute atomic E-state index is 0.201. The standard InChI is InChI=1S/C23H30N2/c1-4-20-19-12-16(2)14-23(20,24-15-18-8-6-5-7-9-18)21-11-10-17(3)25-22(21)13-19/h4,10-12,15,18-19,25H,3,5-9,13-14H2,1-2H3/b20-4+,24-15?. The Bertz CT molecular complexity index is 725. The van der Waals surface area contributed by atoms with Crippen LogP contribution in [0.5, 0.6) is 0 Å².